The second-order valence-electron chi connectivity index (χ2n) is 6.65. The number of benzene rings is 1. The van der Waals surface area contributed by atoms with Gasteiger partial charge in [0.25, 0.3) is 0 Å². The number of thiophene rings is 1. The second-order valence-corrected chi connectivity index (χ2v) is 8.16. The van der Waals surface area contributed by atoms with Gasteiger partial charge in [-0.3, -0.25) is 0 Å². The van der Waals surface area contributed by atoms with E-state index in [0.717, 1.165) is 30.4 Å². The molecule has 0 amide bonds. The molecule has 0 saturated carbocycles. The van der Waals surface area contributed by atoms with Crippen molar-refractivity contribution in [1.29, 1.82) is 0 Å². The van der Waals surface area contributed by atoms with Crippen LogP contribution in [0.4, 0.5) is 10.7 Å². The summed E-state index contributed by atoms with van der Waals surface area (Å²) < 4.78 is 4.99. The third kappa shape index (κ3) is 3.83. The van der Waals surface area contributed by atoms with Crippen molar-refractivity contribution in [3.05, 3.63) is 39.8 Å². The van der Waals surface area contributed by atoms with Crippen LogP contribution < -0.4 is 10.6 Å². The highest BCUT2D eigenvalue weighted by Crippen LogP contribution is 2.40. The molecule has 3 rings (SSSR count). The molecule has 0 spiro atoms. The minimum Gasteiger partial charge on any atom is -0.506 e. The van der Waals surface area contributed by atoms with E-state index in [0.29, 0.717) is 27.3 Å². The first kappa shape index (κ1) is 18.7. The van der Waals surface area contributed by atoms with Crippen LogP contribution in [0.25, 0.3) is 0 Å². The topological polar surface area (TPSA) is 70.6 Å². The maximum Gasteiger partial charge on any atom is 0.341 e. The van der Waals surface area contributed by atoms with Gasteiger partial charge in [-0.2, -0.15) is 0 Å². The molecule has 0 bridgehead atoms. The zero-order chi connectivity index (χ0) is 18.8. The van der Waals surface area contributed by atoms with Crippen LogP contribution in [0.2, 0.25) is 0 Å². The van der Waals surface area contributed by atoms with Crippen molar-refractivity contribution in [3.8, 4) is 5.75 Å². The van der Waals surface area contributed by atoms with Gasteiger partial charge < -0.3 is 20.5 Å². The van der Waals surface area contributed by atoms with E-state index in [9.17, 15) is 9.90 Å². The Morgan fingerprint density at radius 3 is 2.88 bits per heavy atom. The number of esters is 1. The summed E-state index contributed by atoms with van der Waals surface area (Å²) in [6.07, 6.45) is 2.90. The van der Waals surface area contributed by atoms with Gasteiger partial charge in [-0.1, -0.05) is 13.0 Å². The predicted molar refractivity (Wildman–Crippen MR) is 110 cm³/mol. The number of thiocarbonyl (C=S) groups is 1. The molecular formula is C19H22N2O3S2. The summed E-state index contributed by atoms with van der Waals surface area (Å²) >= 11 is 6.94. The molecular weight excluding hydrogens is 368 g/mol. The van der Waals surface area contributed by atoms with Gasteiger partial charge in [-0.15, -0.1) is 11.3 Å². The number of nitrogens with one attached hydrogen (secondary N) is 2. The SMILES string of the molecule is COC(=O)c1c(NC(=S)Nc2cc(C)ccc2O)sc2c1CC[C@H](C)C2. The molecule has 5 nitrogen and oxygen atoms in total. The third-order valence-corrected chi connectivity index (χ3v) is 5.90. The van der Waals surface area contributed by atoms with Crippen molar-refractivity contribution in [2.75, 3.05) is 17.7 Å². The van der Waals surface area contributed by atoms with Crippen molar-refractivity contribution in [3.63, 3.8) is 0 Å². The summed E-state index contributed by atoms with van der Waals surface area (Å²) in [7, 11) is 1.39. The van der Waals surface area contributed by atoms with Crippen molar-refractivity contribution >= 4 is 45.3 Å². The molecule has 0 fully saturated rings. The maximum absolute atomic E-state index is 12.3. The van der Waals surface area contributed by atoms with Crippen LogP contribution in [0, 0.1) is 12.8 Å². The number of phenolic OH excluding ortho intramolecular Hbond substituents is 1. The molecule has 138 valence electrons. The Balaban J connectivity index is 1.86. The second kappa shape index (κ2) is 7.63. The lowest BCUT2D eigenvalue weighted by Gasteiger charge is -2.18. The van der Waals surface area contributed by atoms with E-state index in [2.05, 4.69) is 17.6 Å². The smallest absolute Gasteiger partial charge is 0.341 e. The monoisotopic (exact) mass is 390 g/mol. The van der Waals surface area contributed by atoms with Gasteiger partial charge in [0.05, 0.1) is 18.4 Å². The minimum atomic E-state index is -0.347. The summed E-state index contributed by atoms with van der Waals surface area (Å²) in [6.45, 7) is 4.16. The van der Waals surface area contributed by atoms with E-state index in [1.807, 2.05) is 19.1 Å². The number of methoxy groups -OCH3 is 1. The molecule has 1 aliphatic carbocycles. The number of carbonyl (C=O) groups is 1. The molecule has 1 aromatic carbocycles. The molecule has 2 aromatic rings. The number of carbonyl (C=O) groups excluding carboxylic acids is 1. The van der Waals surface area contributed by atoms with Gasteiger partial charge in [-0.05, 0) is 67.6 Å². The Kier molecular flexibility index (Phi) is 5.48. The molecule has 3 N–H and O–H groups in total. The van der Waals surface area contributed by atoms with Crippen LogP contribution in [-0.4, -0.2) is 23.3 Å². The van der Waals surface area contributed by atoms with Crippen molar-refractivity contribution in [2.24, 2.45) is 5.92 Å². The van der Waals surface area contributed by atoms with Crippen LogP contribution in [0.5, 0.6) is 5.75 Å². The molecule has 0 aliphatic heterocycles. The first-order chi connectivity index (χ1) is 12.4. The number of anilines is 2. The van der Waals surface area contributed by atoms with Crippen molar-refractivity contribution in [2.45, 2.75) is 33.1 Å². The fourth-order valence-corrected chi connectivity index (χ4v) is 4.84. The van der Waals surface area contributed by atoms with E-state index in [-0.39, 0.29) is 11.7 Å². The van der Waals surface area contributed by atoms with E-state index in [1.165, 1.54) is 12.0 Å². The van der Waals surface area contributed by atoms with Gasteiger partial charge in [-0.25, -0.2) is 4.79 Å². The highest BCUT2D eigenvalue weighted by atomic mass is 32.1. The van der Waals surface area contributed by atoms with Crippen LogP contribution in [0.15, 0.2) is 18.2 Å². The fraction of sp³-hybridized carbons (Fsp3) is 0.368. The standard InChI is InChI=1S/C19H22N2O3S2/c1-10-5-7-14(22)13(8-10)20-19(25)21-17-16(18(23)24-3)12-6-4-11(2)9-15(12)26-17/h5,7-8,11,22H,4,6,9H2,1-3H3,(H2,20,21,25)/t11-/m0/s1. The van der Waals surface area contributed by atoms with Crippen LogP contribution in [-0.2, 0) is 17.6 Å². The summed E-state index contributed by atoms with van der Waals surface area (Å²) in [5.74, 6) is 0.377. The summed E-state index contributed by atoms with van der Waals surface area (Å²) in [4.78, 5) is 13.5. The van der Waals surface area contributed by atoms with Crippen LogP contribution in [0.1, 0.15) is 39.7 Å². The molecule has 0 saturated heterocycles. The van der Waals surface area contributed by atoms with E-state index >= 15 is 0 Å². The van der Waals surface area contributed by atoms with Gasteiger partial charge in [0.15, 0.2) is 5.11 Å². The summed E-state index contributed by atoms with van der Waals surface area (Å²) in [6, 6.07) is 5.25. The lowest BCUT2D eigenvalue weighted by atomic mass is 9.88. The molecule has 7 heteroatoms. The average Bonchev–Trinajstić information content (AvgIpc) is 2.94. The van der Waals surface area contributed by atoms with Gasteiger partial charge in [0, 0.05) is 4.88 Å². The molecule has 1 atom stereocenters. The fourth-order valence-electron chi connectivity index (χ4n) is 3.16. The number of rotatable bonds is 3. The number of aryl methyl sites for hydroxylation is 1. The van der Waals surface area contributed by atoms with Gasteiger partial charge in [0.1, 0.15) is 10.8 Å². The molecule has 26 heavy (non-hydrogen) atoms. The zero-order valence-electron chi connectivity index (χ0n) is 15.0. The summed E-state index contributed by atoms with van der Waals surface area (Å²) in [5.41, 5.74) is 3.18. The number of hydrogen-bond donors (Lipinski definition) is 3. The predicted octanol–water partition coefficient (Wildman–Crippen LogP) is 4.48. The highest BCUT2D eigenvalue weighted by Gasteiger charge is 2.28. The van der Waals surface area contributed by atoms with Crippen molar-refractivity contribution in [1.82, 2.24) is 0 Å². The van der Waals surface area contributed by atoms with Gasteiger partial charge in [0.2, 0.25) is 0 Å². The van der Waals surface area contributed by atoms with Gasteiger partial charge >= 0.3 is 5.97 Å². The Bertz CT molecular complexity index is 861. The number of aromatic hydroxyl groups is 1. The molecule has 1 heterocycles. The van der Waals surface area contributed by atoms with E-state index in [4.69, 9.17) is 17.0 Å². The average molecular weight is 391 g/mol. The number of phenols is 1. The first-order valence-electron chi connectivity index (χ1n) is 8.49. The summed E-state index contributed by atoms with van der Waals surface area (Å²) in [5, 5.41) is 17.1. The Labute approximate surface area is 162 Å². The largest absolute Gasteiger partial charge is 0.506 e. The number of fused-ring (bicyclic) bond motifs is 1. The lowest BCUT2D eigenvalue weighted by Crippen LogP contribution is -2.20. The molecule has 0 unspecified atom stereocenters. The Hall–Kier alpha value is -2.12. The van der Waals surface area contributed by atoms with E-state index < -0.39 is 0 Å². The zero-order valence-corrected chi connectivity index (χ0v) is 16.6. The Morgan fingerprint density at radius 2 is 2.15 bits per heavy atom. The van der Waals surface area contributed by atoms with Crippen LogP contribution >= 0.6 is 23.6 Å². The normalized spacial score (nSPS) is 15.9. The molecule has 0 radical (unpaired) electrons. The number of hydrogen-bond acceptors (Lipinski definition) is 5. The van der Waals surface area contributed by atoms with E-state index in [1.54, 1.807) is 17.4 Å². The molecule has 1 aliphatic rings. The quantitative estimate of drug-likeness (QED) is 0.408. The van der Waals surface area contributed by atoms with Crippen molar-refractivity contribution < 1.29 is 14.6 Å². The lowest BCUT2D eigenvalue weighted by molar-refractivity contribution is 0.0601. The minimum absolute atomic E-state index is 0.118. The van der Waals surface area contributed by atoms with Crippen LogP contribution in [0.3, 0.4) is 0 Å². The Morgan fingerprint density at radius 1 is 1.38 bits per heavy atom. The third-order valence-electron chi connectivity index (χ3n) is 4.53. The maximum atomic E-state index is 12.3. The highest BCUT2D eigenvalue weighted by molar-refractivity contribution is 7.80. The molecule has 1 aromatic heterocycles. The first-order valence-corrected chi connectivity index (χ1v) is 9.72. The number of ether oxygens (including phenoxy) is 1.